The lowest BCUT2D eigenvalue weighted by Gasteiger charge is -2.29. The molecule has 2 N–H and O–H groups in total. The average Bonchev–Trinajstić information content (AvgIpc) is 3.28. The van der Waals surface area contributed by atoms with Crippen LogP contribution in [0.2, 0.25) is 0 Å². The summed E-state index contributed by atoms with van der Waals surface area (Å²) in [6.45, 7) is 3.25. The third kappa shape index (κ3) is 4.37. The Labute approximate surface area is 203 Å². The van der Waals surface area contributed by atoms with Gasteiger partial charge in [-0.15, -0.1) is 0 Å². The highest BCUT2D eigenvalue weighted by molar-refractivity contribution is 5.76. The summed E-state index contributed by atoms with van der Waals surface area (Å²) < 4.78 is 16.6. The van der Waals surface area contributed by atoms with E-state index in [-0.39, 0.29) is 24.8 Å². The summed E-state index contributed by atoms with van der Waals surface area (Å²) in [5, 5.41) is 7.19. The summed E-state index contributed by atoms with van der Waals surface area (Å²) in [4.78, 5) is 24.0. The molecule has 8 heteroatoms. The number of benzene rings is 2. The number of piperazine rings is 1. The molecule has 6 rings (SSSR count). The molecule has 0 spiro atoms. The molecule has 0 bridgehead atoms. The van der Waals surface area contributed by atoms with Crippen molar-refractivity contribution in [2.24, 2.45) is 0 Å². The van der Waals surface area contributed by atoms with Crippen LogP contribution in [0.3, 0.4) is 0 Å². The van der Waals surface area contributed by atoms with Crippen LogP contribution in [-0.2, 0) is 12.8 Å². The van der Waals surface area contributed by atoms with Crippen molar-refractivity contribution in [3.05, 3.63) is 88.1 Å². The van der Waals surface area contributed by atoms with E-state index in [2.05, 4.69) is 32.7 Å². The van der Waals surface area contributed by atoms with E-state index in [0.717, 1.165) is 44.4 Å². The maximum Gasteiger partial charge on any atom is 0.252 e. The molecule has 0 unspecified atom stereocenters. The normalized spacial score (nSPS) is 15.6. The van der Waals surface area contributed by atoms with Crippen molar-refractivity contribution >= 4 is 28.4 Å². The minimum Gasteiger partial charge on any atom is -0.367 e. The van der Waals surface area contributed by atoms with Crippen molar-refractivity contribution in [3.8, 4) is 0 Å². The van der Waals surface area contributed by atoms with Crippen molar-refractivity contribution in [2.45, 2.75) is 26.3 Å². The molecule has 4 aromatic rings. The first kappa shape index (κ1) is 23.0. The molecule has 2 aromatic carbocycles. The molecule has 0 radical (unpaired) electrons. The van der Waals surface area contributed by atoms with Crippen molar-refractivity contribution in [2.75, 3.05) is 36.4 Å². The van der Waals surface area contributed by atoms with Crippen LogP contribution in [-0.4, -0.2) is 40.7 Å². The van der Waals surface area contributed by atoms with Gasteiger partial charge in [0.1, 0.15) is 11.5 Å². The van der Waals surface area contributed by atoms with Gasteiger partial charge in [-0.1, -0.05) is 31.7 Å². The van der Waals surface area contributed by atoms with E-state index in [1.165, 1.54) is 17.2 Å². The summed E-state index contributed by atoms with van der Waals surface area (Å²) >= 11 is 0. The van der Waals surface area contributed by atoms with E-state index >= 15 is 0 Å². The molecule has 1 saturated heterocycles. The van der Waals surface area contributed by atoms with Gasteiger partial charge in [0.05, 0.1) is 5.69 Å². The molecule has 3 heterocycles. The number of hydrogen-bond donors (Lipinski definition) is 2. The first-order chi connectivity index (χ1) is 16.7. The van der Waals surface area contributed by atoms with Crippen molar-refractivity contribution in [1.82, 2.24) is 19.9 Å². The molecule has 7 nitrogen and oxygen atoms in total. The second-order valence-corrected chi connectivity index (χ2v) is 8.87. The van der Waals surface area contributed by atoms with Crippen LogP contribution in [0.1, 0.15) is 24.6 Å². The van der Waals surface area contributed by atoms with E-state index < -0.39 is 0 Å². The lowest BCUT2D eigenvalue weighted by Crippen LogP contribution is -2.43. The topological polar surface area (TPSA) is 75.1 Å². The summed E-state index contributed by atoms with van der Waals surface area (Å²) in [7, 11) is 0. The SMILES string of the molecule is C.O=c1ccc2cnc(Nc3ccc(N4CCNCC4)c(F)c3)nc2n1C1Cc2ccccc2C1. The first-order valence-corrected chi connectivity index (χ1v) is 11.6. The number of anilines is 3. The van der Waals surface area contributed by atoms with Gasteiger partial charge in [-0.2, -0.15) is 4.98 Å². The number of hydrogen-bond acceptors (Lipinski definition) is 6. The van der Waals surface area contributed by atoms with E-state index in [1.54, 1.807) is 29.0 Å². The van der Waals surface area contributed by atoms with Crippen molar-refractivity contribution in [3.63, 3.8) is 0 Å². The molecule has 2 aromatic heterocycles. The molecular formula is C27H29FN6O. The Morgan fingerprint density at radius 2 is 1.74 bits per heavy atom. The Hall–Kier alpha value is -3.78. The maximum absolute atomic E-state index is 14.9. The van der Waals surface area contributed by atoms with Gasteiger partial charge in [0.25, 0.3) is 5.56 Å². The quantitative estimate of drug-likeness (QED) is 0.467. The predicted molar refractivity (Wildman–Crippen MR) is 138 cm³/mol. The lowest BCUT2D eigenvalue weighted by atomic mass is 10.1. The van der Waals surface area contributed by atoms with Gasteiger partial charge in [-0.05, 0) is 48.2 Å². The zero-order chi connectivity index (χ0) is 23.1. The van der Waals surface area contributed by atoms with Gasteiger partial charge in [0.15, 0.2) is 0 Å². The predicted octanol–water partition coefficient (Wildman–Crippen LogP) is 4.06. The van der Waals surface area contributed by atoms with Gasteiger partial charge >= 0.3 is 0 Å². The Morgan fingerprint density at radius 1 is 1.00 bits per heavy atom. The Balaban J connectivity index is 0.00000253. The molecule has 1 fully saturated rings. The molecule has 2 aliphatic rings. The molecule has 1 aliphatic heterocycles. The van der Waals surface area contributed by atoms with E-state index in [1.807, 2.05) is 23.1 Å². The van der Waals surface area contributed by atoms with Crippen LogP contribution in [0.5, 0.6) is 0 Å². The monoisotopic (exact) mass is 472 g/mol. The number of fused-ring (bicyclic) bond motifs is 2. The fourth-order valence-corrected chi connectivity index (χ4v) is 5.05. The van der Waals surface area contributed by atoms with Gasteiger partial charge in [0.2, 0.25) is 5.95 Å². The van der Waals surface area contributed by atoms with Crippen LogP contribution < -0.4 is 21.1 Å². The fourth-order valence-electron chi connectivity index (χ4n) is 5.05. The van der Waals surface area contributed by atoms with Crippen LogP contribution in [0, 0.1) is 5.82 Å². The highest BCUT2D eigenvalue weighted by Gasteiger charge is 2.25. The van der Waals surface area contributed by atoms with E-state index in [0.29, 0.717) is 23.0 Å². The summed E-state index contributed by atoms with van der Waals surface area (Å²) in [6, 6.07) is 16.7. The molecule has 0 saturated carbocycles. The highest BCUT2D eigenvalue weighted by Crippen LogP contribution is 2.31. The van der Waals surface area contributed by atoms with Crippen LogP contribution in [0.15, 0.2) is 65.6 Å². The zero-order valence-electron chi connectivity index (χ0n) is 18.7. The first-order valence-electron chi connectivity index (χ1n) is 11.6. The van der Waals surface area contributed by atoms with Crippen molar-refractivity contribution < 1.29 is 4.39 Å². The van der Waals surface area contributed by atoms with Crippen LogP contribution >= 0.6 is 0 Å². The molecular weight excluding hydrogens is 443 g/mol. The zero-order valence-corrected chi connectivity index (χ0v) is 18.7. The third-order valence-electron chi connectivity index (χ3n) is 6.72. The molecule has 35 heavy (non-hydrogen) atoms. The Morgan fingerprint density at radius 3 is 2.46 bits per heavy atom. The largest absolute Gasteiger partial charge is 0.367 e. The maximum atomic E-state index is 14.9. The highest BCUT2D eigenvalue weighted by atomic mass is 19.1. The van der Waals surface area contributed by atoms with Gasteiger partial charge in [0, 0.05) is 55.6 Å². The Kier molecular flexibility index (Phi) is 6.21. The van der Waals surface area contributed by atoms with Crippen molar-refractivity contribution in [1.29, 1.82) is 0 Å². The van der Waals surface area contributed by atoms with Gasteiger partial charge in [-0.25, -0.2) is 9.37 Å². The lowest BCUT2D eigenvalue weighted by molar-refractivity contribution is 0.526. The number of rotatable bonds is 4. The number of nitrogens with zero attached hydrogens (tertiary/aromatic N) is 4. The fraction of sp³-hybridized carbons (Fsp3) is 0.296. The van der Waals surface area contributed by atoms with E-state index in [4.69, 9.17) is 0 Å². The van der Waals surface area contributed by atoms with Gasteiger partial charge in [-0.3, -0.25) is 9.36 Å². The summed E-state index contributed by atoms with van der Waals surface area (Å²) in [5.74, 6) is 0.0463. The van der Waals surface area contributed by atoms with Crippen LogP contribution in [0.4, 0.5) is 21.7 Å². The second-order valence-electron chi connectivity index (χ2n) is 8.87. The average molecular weight is 473 g/mol. The number of pyridine rings is 1. The molecule has 1 aliphatic carbocycles. The van der Waals surface area contributed by atoms with Crippen LogP contribution in [0.25, 0.3) is 11.0 Å². The third-order valence-corrected chi connectivity index (χ3v) is 6.72. The molecule has 0 amide bonds. The second kappa shape index (κ2) is 9.46. The van der Waals surface area contributed by atoms with E-state index in [9.17, 15) is 9.18 Å². The molecule has 180 valence electrons. The molecule has 0 atom stereocenters. The minimum atomic E-state index is -0.284. The summed E-state index contributed by atoms with van der Waals surface area (Å²) in [6.07, 6.45) is 3.29. The number of halogens is 1. The smallest absolute Gasteiger partial charge is 0.252 e. The summed E-state index contributed by atoms with van der Waals surface area (Å²) in [5.41, 5.74) is 4.20. The minimum absolute atomic E-state index is 0. The number of nitrogens with one attached hydrogen (secondary N) is 2. The number of aromatic nitrogens is 3. The standard InChI is InChI=1S/C26H25FN6O.CH4/c27-22-15-20(6-7-23(22)32-11-9-28-10-12-32)30-26-29-16-19-5-8-24(34)33(25(19)31-26)21-13-17-3-1-2-4-18(17)14-21;/h1-8,15-16,21,28H,9-14H2,(H,29,30,31);1H4. The Bertz CT molecular complexity index is 1400. The van der Waals surface area contributed by atoms with Gasteiger partial charge < -0.3 is 15.5 Å².